The molecule has 1 aromatic heterocycles. The van der Waals surface area contributed by atoms with Crippen molar-refractivity contribution in [2.24, 2.45) is 0 Å². The number of carbonyl (C=O) groups excluding carboxylic acids is 2. The summed E-state index contributed by atoms with van der Waals surface area (Å²) in [6, 6.07) is 18.3. The molecule has 0 spiro atoms. The first kappa shape index (κ1) is 19.7. The summed E-state index contributed by atoms with van der Waals surface area (Å²) >= 11 is 0. The number of hydrogen-bond acceptors (Lipinski definition) is 2. The molecule has 0 fully saturated rings. The number of H-pyrrole nitrogens is 1. The molecule has 3 aromatic rings. The molecule has 0 aliphatic carbocycles. The first-order valence-corrected chi connectivity index (χ1v) is 9.74. The molecular formula is C23H27N3O2. The van der Waals surface area contributed by atoms with Crippen LogP contribution in [0.25, 0.3) is 10.9 Å². The monoisotopic (exact) mass is 377 g/mol. The number of rotatable bonds is 9. The molecule has 3 rings (SSSR count). The van der Waals surface area contributed by atoms with Crippen molar-refractivity contribution in [2.45, 2.75) is 26.2 Å². The second-order valence-electron chi connectivity index (χ2n) is 6.99. The topological polar surface area (TPSA) is 65.2 Å². The molecule has 0 unspecified atom stereocenters. The third-order valence-corrected chi connectivity index (χ3v) is 4.91. The second kappa shape index (κ2) is 9.74. The minimum absolute atomic E-state index is 0.0696. The Labute approximate surface area is 165 Å². The zero-order valence-corrected chi connectivity index (χ0v) is 16.3. The predicted octanol–water partition coefficient (Wildman–Crippen LogP) is 3.31. The smallest absolute Gasteiger partial charge is 0.239 e. The maximum Gasteiger partial charge on any atom is 0.239 e. The number of aromatic nitrogens is 1. The van der Waals surface area contributed by atoms with Crippen LogP contribution in [-0.2, 0) is 22.4 Å². The van der Waals surface area contributed by atoms with Gasteiger partial charge in [-0.25, -0.2) is 0 Å². The van der Waals surface area contributed by atoms with E-state index in [2.05, 4.69) is 28.5 Å². The molecular weight excluding hydrogens is 350 g/mol. The summed E-state index contributed by atoms with van der Waals surface area (Å²) in [5, 5.41) is 4.12. The Morgan fingerprint density at radius 1 is 1.00 bits per heavy atom. The van der Waals surface area contributed by atoms with Crippen LogP contribution >= 0.6 is 0 Å². The number of aryl methyl sites for hydroxylation is 1. The molecule has 2 amide bonds. The van der Waals surface area contributed by atoms with Gasteiger partial charge in [-0.2, -0.15) is 0 Å². The lowest BCUT2D eigenvalue weighted by Gasteiger charge is -2.20. The lowest BCUT2D eigenvalue weighted by Crippen LogP contribution is -2.40. The molecule has 1 heterocycles. The van der Waals surface area contributed by atoms with Gasteiger partial charge in [-0.3, -0.25) is 9.59 Å². The molecule has 0 saturated heterocycles. The number of carbonyl (C=O) groups is 2. The van der Waals surface area contributed by atoms with Crippen molar-refractivity contribution >= 4 is 22.7 Å². The Bertz CT molecular complexity index is 918. The van der Waals surface area contributed by atoms with Gasteiger partial charge < -0.3 is 15.2 Å². The molecule has 0 aliphatic heterocycles. The SMILES string of the molecule is CC(=O)N(CCCc1ccccc1)CC(=O)NCCc1c[nH]c2ccccc12. The summed E-state index contributed by atoms with van der Waals surface area (Å²) in [4.78, 5) is 29.0. The fourth-order valence-corrected chi connectivity index (χ4v) is 3.37. The molecule has 28 heavy (non-hydrogen) atoms. The van der Waals surface area contributed by atoms with Gasteiger partial charge >= 0.3 is 0 Å². The lowest BCUT2D eigenvalue weighted by molar-refractivity contribution is -0.134. The van der Waals surface area contributed by atoms with Crippen LogP contribution in [0.2, 0.25) is 0 Å². The number of hydrogen-bond donors (Lipinski definition) is 2. The van der Waals surface area contributed by atoms with Gasteiger partial charge in [0.25, 0.3) is 0 Å². The maximum atomic E-state index is 12.3. The van der Waals surface area contributed by atoms with E-state index in [0.29, 0.717) is 13.1 Å². The van der Waals surface area contributed by atoms with Crippen LogP contribution < -0.4 is 5.32 Å². The Kier molecular flexibility index (Phi) is 6.84. The van der Waals surface area contributed by atoms with Crippen LogP contribution in [0.1, 0.15) is 24.5 Å². The fraction of sp³-hybridized carbons (Fsp3) is 0.304. The van der Waals surface area contributed by atoms with E-state index < -0.39 is 0 Å². The van der Waals surface area contributed by atoms with Crippen molar-refractivity contribution in [2.75, 3.05) is 19.6 Å². The third kappa shape index (κ3) is 5.46. The standard InChI is InChI=1S/C23H27N3O2/c1-18(27)26(15-7-10-19-8-3-2-4-9-19)17-23(28)24-14-13-20-16-25-22-12-6-5-11-21(20)22/h2-6,8-9,11-12,16,25H,7,10,13-15,17H2,1H3,(H,24,28). The highest BCUT2D eigenvalue weighted by Crippen LogP contribution is 2.17. The van der Waals surface area contributed by atoms with Crippen molar-refractivity contribution in [1.82, 2.24) is 15.2 Å². The number of amides is 2. The van der Waals surface area contributed by atoms with Crippen LogP contribution in [0.15, 0.2) is 60.8 Å². The van der Waals surface area contributed by atoms with E-state index in [-0.39, 0.29) is 18.4 Å². The second-order valence-corrected chi connectivity index (χ2v) is 6.99. The lowest BCUT2D eigenvalue weighted by atomic mass is 10.1. The summed E-state index contributed by atoms with van der Waals surface area (Å²) in [6.45, 7) is 2.76. The van der Waals surface area contributed by atoms with Crippen LogP contribution in [0, 0.1) is 0 Å². The first-order valence-electron chi connectivity index (χ1n) is 9.74. The van der Waals surface area contributed by atoms with Gasteiger partial charge in [0.15, 0.2) is 0 Å². The van der Waals surface area contributed by atoms with Crippen molar-refractivity contribution in [3.8, 4) is 0 Å². The largest absolute Gasteiger partial charge is 0.361 e. The Balaban J connectivity index is 1.43. The van der Waals surface area contributed by atoms with Crippen LogP contribution in [0.3, 0.4) is 0 Å². The Morgan fingerprint density at radius 3 is 2.54 bits per heavy atom. The van der Waals surface area contributed by atoms with E-state index in [0.717, 1.165) is 24.8 Å². The number of nitrogens with zero attached hydrogens (tertiary/aromatic N) is 1. The molecule has 0 saturated carbocycles. The molecule has 5 nitrogen and oxygen atoms in total. The first-order chi connectivity index (χ1) is 13.6. The van der Waals surface area contributed by atoms with Crippen molar-refractivity contribution in [3.63, 3.8) is 0 Å². The highest BCUT2D eigenvalue weighted by molar-refractivity contribution is 5.84. The zero-order valence-electron chi connectivity index (χ0n) is 16.3. The average molecular weight is 377 g/mol. The molecule has 0 radical (unpaired) electrons. The predicted molar refractivity (Wildman–Crippen MR) is 112 cm³/mol. The Hall–Kier alpha value is -3.08. The average Bonchev–Trinajstić information content (AvgIpc) is 3.11. The molecule has 5 heteroatoms. The fourth-order valence-electron chi connectivity index (χ4n) is 3.37. The number of aromatic amines is 1. The number of benzene rings is 2. The van der Waals surface area contributed by atoms with Crippen LogP contribution in [0.5, 0.6) is 0 Å². The highest BCUT2D eigenvalue weighted by Gasteiger charge is 2.13. The maximum absolute atomic E-state index is 12.3. The summed E-state index contributed by atoms with van der Waals surface area (Å²) in [7, 11) is 0. The summed E-state index contributed by atoms with van der Waals surface area (Å²) in [5.41, 5.74) is 3.53. The van der Waals surface area contributed by atoms with E-state index in [1.165, 1.54) is 23.4 Å². The highest BCUT2D eigenvalue weighted by atomic mass is 16.2. The van der Waals surface area contributed by atoms with E-state index in [1.807, 2.05) is 42.6 Å². The minimum Gasteiger partial charge on any atom is -0.361 e. The van der Waals surface area contributed by atoms with E-state index in [1.54, 1.807) is 4.90 Å². The minimum atomic E-state index is -0.116. The number of nitrogens with one attached hydrogen (secondary N) is 2. The Morgan fingerprint density at radius 2 is 1.75 bits per heavy atom. The van der Waals surface area contributed by atoms with Gasteiger partial charge in [-0.15, -0.1) is 0 Å². The number of para-hydroxylation sites is 1. The van der Waals surface area contributed by atoms with Gasteiger partial charge in [-0.1, -0.05) is 48.5 Å². The van der Waals surface area contributed by atoms with Crippen molar-refractivity contribution in [3.05, 3.63) is 71.9 Å². The zero-order chi connectivity index (χ0) is 19.8. The van der Waals surface area contributed by atoms with E-state index in [9.17, 15) is 9.59 Å². The van der Waals surface area contributed by atoms with E-state index >= 15 is 0 Å². The molecule has 0 atom stereocenters. The van der Waals surface area contributed by atoms with Crippen LogP contribution in [-0.4, -0.2) is 41.3 Å². The van der Waals surface area contributed by atoms with Gasteiger partial charge in [0.05, 0.1) is 6.54 Å². The summed E-state index contributed by atoms with van der Waals surface area (Å²) < 4.78 is 0. The van der Waals surface area contributed by atoms with Gasteiger partial charge in [0, 0.05) is 37.1 Å². The molecule has 2 N–H and O–H groups in total. The normalized spacial score (nSPS) is 10.8. The van der Waals surface area contributed by atoms with Gasteiger partial charge in [0.2, 0.25) is 11.8 Å². The molecule has 0 aliphatic rings. The summed E-state index contributed by atoms with van der Waals surface area (Å²) in [6.07, 6.45) is 4.48. The summed E-state index contributed by atoms with van der Waals surface area (Å²) in [5.74, 6) is -0.186. The molecule has 2 aromatic carbocycles. The van der Waals surface area contributed by atoms with E-state index in [4.69, 9.17) is 0 Å². The quantitative estimate of drug-likeness (QED) is 0.601. The van der Waals surface area contributed by atoms with Crippen LogP contribution in [0.4, 0.5) is 0 Å². The third-order valence-electron chi connectivity index (χ3n) is 4.91. The van der Waals surface area contributed by atoms with Gasteiger partial charge in [0.1, 0.15) is 0 Å². The molecule has 0 bridgehead atoms. The number of fused-ring (bicyclic) bond motifs is 1. The van der Waals surface area contributed by atoms with Gasteiger partial charge in [-0.05, 0) is 36.5 Å². The molecule has 146 valence electrons. The van der Waals surface area contributed by atoms with Crippen molar-refractivity contribution < 1.29 is 9.59 Å². The van der Waals surface area contributed by atoms with Crippen molar-refractivity contribution in [1.29, 1.82) is 0 Å².